The molecule has 1 aromatic carbocycles. The Morgan fingerprint density at radius 1 is 1.10 bits per heavy atom. The van der Waals surface area contributed by atoms with Gasteiger partial charge in [-0.3, -0.25) is 4.79 Å². The van der Waals surface area contributed by atoms with Crippen molar-refractivity contribution < 1.29 is 28.6 Å². The van der Waals surface area contributed by atoms with E-state index < -0.39 is 17.8 Å². The van der Waals surface area contributed by atoms with Crippen LogP contribution in [-0.4, -0.2) is 38.2 Å². The van der Waals surface area contributed by atoms with E-state index in [0.717, 1.165) is 16.9 Å². The molecule has 0 fully saturated rings. The van der Waals surface area contributed by atoms with E-state index >= 15 is 0 Å². The van der Waals surface area contributed by atoms with E-state index in [1.165, 1.54) is 20.3 Å². The van der Waals surface area contributed by atoms with Gasteiger partial charge in [-0.25, -0.2) is 9.59 Å². The van der Waals surface area contributed by atoms with Gasteiger partial charge in [0, 0.05) is 6.08 Å². The molecule has 0 spiro atoms. The first-order chi connectivity index (χ1) is 13.8. The second kappa shape index (κ2) is 9.88. The number of benzene rings is 1. The number of rotatable bonds is 7. The van der Waals surface area contributed by atoms with E-state index in [1.54, 1.807) is 13.0 Å². The fraction of sp³-hybridized carbons (Fsp3) is 0.286. The number of ether oxygens (including phenoxy) is 3. The summed E-state index contributed by atoms with van der Waals surface area (Å²) in [6.07, 6.45) is 3.00. The Bertz CT molecular complexity index is 945. The second-order valence-corrected chi connectivity index (χ2v) is 7.33. The fourth-order valence-electron chi connectivity index (χ4n) is 2.53. The Kier molecular flexibility index (Phi) is 7.55. The molecule has 0 unspecified atom stereocenters. The summed E-state index contributed by atoms with van der Waals surface area (Å²) in [4.78, 5) is 36.6. The number of thiophene rings is 1. The lowest BCUT2D eigenvalue weighted by molar-refractivity contribution is -0.111. The van der Waals surface area contributed by atoms with E-state index in [9.17, 15) is 14.4 Å². The molecule has 0 saturated heterocycles. The number of carbonyl (C=O) groups is 3. The van der Waals surface area contributed by atoms with Gasteiger partial charge in [-0.05, 0) is 50.1 Å². The van der Waals surface area contributed by atoms with Crippen LogP contribution >= 0.6 is 11.3 Å². The first-order valence-corrected chi connectivity index (χ1v) is 9.64. The summed E-state index contributed by atoms with van der Waals surface area (Å²) < 4.78 is 15.1. The normalized spacial score (nSPS) is 10.8. The van der Waals surface area contributed by atoms with Crippen LogP contribution in [0, 0.1) is 6.92 Å². The van der Waals surface area contributed by atoms with Gasteiger partial charge in [0.2, 0.25) is 5.91 Å². The lowest BCUT2D eigenvalue weighted by Gasteiger charge is -2.09. The van der Waals surface area contributed by atoms with E-state index in [-0.39, 0.29) is 21.5 Å². The second-order valence-electron chi connectivity index (χ2n) is 6.31. The van der Waals surface area contributed by atoms with E-state index in [4.69, 9.17) is 14.2 Å². The molecule has 29 heavy (non-hydrogen) atoms. The van der Waals surface area contributed by atoms with Crippen molar-refractivity contribution in [2.24, 2.45) is 0 Å². The molecule has 0 aliphatic heterocycles. The molecule has 8 heteroatoms. The lowest BCUT2D eigenvalue weighted by Crippen LogP contribution is -2.11. The summed E-state index contributed by atoms with van der Waals surface area (Å²) in [7, 11) is 2.48. The van der Waals surface area contributed by atoms with Crippen molar-refractivity contribution in [2.45, 2.75) is 26.9 Å². The molecule has 0 aliphatic rings. The first kappa shape index (κ1) is 22.2. The van der Waals surface area contributed by atoms with E-state index in [2.05, 4.69) is 5.32 Å². The molecule has 7 nitrogen and oxygen atoms in total. The molecule has 0 atom stereocenters. The highest BCUT2D eigenvalue weighted by Crippen LogP contribution is 2.34. The van der Waals surface area contributed by atoms with Crippen LogP contribution < -0.4 is 10.1 Å². The minimum absolute atomic E-state index is 0.0420. The van der Waals surface area contributed by atoms with Crippen molar-refractivity contribution in [3.05, 3.63) is 51.9 Å². The van der Waals surface area contributed by atoms with Gasteiger partial charge in [0.25, 0.3) is 0 Å². The number of nitrogens with one attached hydrogen (secondary N) is 1. The molecule has 1 aromatic heterocycles. The predicted octanol–water partition coefficient (Wildman–Crippen LogP) is 4.07. The largest absolute Gasteiger partial charge is 0.491 e. The number of anilines is 1. The summed E-state index contributed by atoms with van der Waals surface area (Å²) in [6, 6.07) is 7.31. The molecule has 1 N–H and O–H groups in total. The van der Waals surface area contributed by atoms with Crippen molar-refractivity contribution in [2.75, 3.05) is 19.5 Å². The number of methoxy groups -OCH3 is 2. The van der Waals surface area contributed by atoms with Crippen LogP contribution in [0.4, 0.5) is 5.00 Å². The number of hydrogen-bond acceptors (Lipinski definition) is 7. The third-order valence-electron chi connectivity index (χ3n) is 3.80. The maximum atomic E-state index is 12.4. The Labute approximate surface area is 173 Å². The highest BCUT2D eigenvalue weighted by atomic mass is 32.1. The van der Waals surface area contributed by atoms with Gasteiger partial charge >= 0.3 is 11.9 Å². The van der Waals surface area contributed by atoms with Crippen LogP contribution in [0.3, 0.4) is 0 Å². The molecule has 0 saturated carbocycles. The molecule has 1 amide bonds. The maximum absolute atomic E-state index is 12.4. The van der Waals surface area contributed by atoms with Crippen LogP contribution in [0.25, 0.3) is 6.08 Å². The Morgan fingerprint density at radius 2 is 1.79 bits per heavy atom. The minimum atomic E-state index is -0.647. The maximum Gasteiger partial charge on any atom is 0.348 e. The summed E-state index contributed by atoms with van der Waals surface area (Å²) in [5.41, 5.74) is 1.31. The summed E-state index contributed by atoms with van der Waals surface area (Å²) in [5.74, 6) is -0.988. The van der Waals surface area contributed by atoms with Gasteiger partial charge in [-0.2, -0.15) is 0 Å². The fourth-order valence-corrected chi connectivity index (χ4v) is 3.64. The van der Waals surface area contributed by atoms with Crippen molar-refractivity contribution in [1.82, 2.24) is 0 Å². The molecular weight excluding hydrogens is 394 g/mol. The zero-order valence-corrected chi connectivity index (χ0v) is 17.7. The van der Waals surface area contributed by atoms with Gasteiger partial charge < -0.3 is 19.5 Å². The Morgan fingerprint density at radius 3 is 2.41 bits per heavy atom. The van der Waals surface area contributed by atoms with Crippen molar-refractivity contribution in [3.63, 3.8) is 0 Å². The molecule has 0 aliphatic carbocycles. The zero-order chi connectivity index (χ0) is 21.6. The lowest BCUT2D eigenvalue weighted by atomic mass is 10.1. The van der Waals surface area contributed by atoms with Crippen molar-refractivity contribution >= 4 is 40.3 Å². The molecule has 0 bridgehead atoms. The van der Waals surface area contributed by atoms with Crippen LogP contribution in [0.1, 0.15) is 45.0 Å². The number of carbonyl (C=O) groups excluding carboxylic acids is 3. The average Bonchev–Trinajstić information content (AvgIpc) is 3.00. The van der Waals surface area contributed by atoms with Crippen LogP contribution in [0.5, 0.6) is 5.75 Å². The quantitative estimate of drug-likeness (QED) is 0.539. The van der Waals surface area contributed by atoms with E-state index in [0.29, 0.717) is 11.3 Å². The van der Waals surface area contributed by atoms with Gasteiger partial charge in [-0.15, -0.1) is 11.3 Å². The van der Waals surface area contributed by atoms with Gasteiger partial charge in [0.1, 0.15) is 15.6 Å². The molecule has 2 aromatic rings. The van der Waals surface area contributed by atoms with E-state index in [1.807, 2.05) is 38.1 Å². The molecule has 1 heterocycles. The topological polar surface area (TPSA) is 90.9 Å². The molecule has 154 valence electrons. The number of hydrogen-bond donors (Lipinski definition) is 1. The minimum Gasteiger partial charge on any atom is -0.491 e. The highest BCUT2D eigenvalue weighted by Gasteiger charge is 2.26. The smallest absolute Gasteiger partial charge is 0.348 e. The number of esters is 2. The average molecular weight is 417 g/mol. The van der Waals surface area contributed by atoms with Gasteiger partial charge in [0.15, 0.2) is 0 Å². The molecular formula is C21H23NO6S. The van der Waals surface area contributed by atoms with Gasteiger partial charge in [0.05, 0.1) is 25.9 Å². The molecule has 0 radical (unpaired) electrons. The van der Waals surface area contributed by atoms with Crippen molar-refractivity contribution in [1.29, 1.82) is 0 Å². The van der Waals surface area contributed by atoms with Crippen molar-refractivity contribution in [3.8, 4) is 5.75 Å². The Balaban J connectivity index is 2.23. The van der Waals surface area contributed by atoms with Crippen LogP contribution in [0.15, 0.2) is 30.3 Å². The summed E-state index contributed by atoms with van der Waals surface area (Å²) in [6.45, 7) is 5.46. The predicted molar refractivity (Wildman–Crippen MR) is 112 cm³/mol. The summed E-state index contributed by atoms with van der Waals surface area (Å²) in [5, 5.41) is 2.86. The standard InChI is InChI=1S/C21H23NO6S/c1-12(2)28-15-8-6-7-14(11-15)9-10-16(23)22-19-17(20(24)26-4)13(3)18(29-19)21(25)27-5/h6-12H,1-5H3,(H,22,23)/b10-9+. The summed E-state index contributed by atoms with van der Waals surface area (Å²) >= 11 is 0.961. The third-order valence-corrected chi connectivity index (χ3v) is 4.99. The Hall–Kier alpha value is -3.13. The molecule has 2 rings (SSSR count). The van der Waals surface area contributed by atoms with Crippen LogP contribution in [0.2, 0.25) is 0 Å². The van der Waals surface area contributed by atoms with Gasteiger partial charge in [-0.1, -0.05) is 12.1 Å². The monoisotopic (exact) mass is 417 g/mol. The van der Waals surface area contributed by atoms with Crippen LogP contribution in [-0.2, 0) is 14.3 Å². The third kappa shape index (κ3) is 5.68. The first-order valence-electron chi connectivity index (χ1n) is 8.82. The zero-order valence-electron chi connectivity index (χ0n) is 16.9. The number of amides is 1. The highest BCUT2D eigenvalue weighted by molar-refractivity contribution is 7.18. The SMILES string of the molecule is COC(=O)c1sc(NC(=O)/C=C/c2cccc(OC(C)C)c2)c(C(=O)OC)c1C.